The molecule has 0 aliphatic heterocycles. The van der Waals surface area contributed by atoms with Crippen molar-refractivity contribution in [1.82, 2.24) is 19.8 Å². The zero-order chi connectivity index (χ0) is 18.7. The number of benzene rings is 1. The van der Waals surface area contributed by atoms with Gasteiger partial charge in [0, 0.05) is 56.7 Å². The molecule has 2 aromatic heterocycles. The minimum atomic E-state index is -0.219. The fourth-order valence-corrected chi connectivity index (χ4v) is 3.36. The van der Waals surface area contributed by atoms with Gasteiger partial charge >= 0.3 is 0 Å². The van der Waals surface area contributed by atoms with Crippen LogP contribution in [0, 0.1) is 5.82 Å². The summed E-state index contributed by atoms with van der Waals surface area (Å²) in [5.41, 5.74) is 3.13. The molecule has 0 spiro atoms. The minimum absolute atomic E-state index is 0.219. The molecule has 3 aromatic rings. The van der Waals surface area contributed by atoms with E-state index in [-0.39, 0.29) is 5.82 Å². The number of aryl methyl sites for hydroxylation is 1. The molecule has 0 radical (unpaired) electrons. The number of hydrogen-bond donors (Lipinski definition) is 2. The molecule has 0 aliphatic carbocycles. The first kappa shape index (κ1) is 18.3. The Morgan fingerprint density at radius 3 is 2.88 bits per heavy atom. The Morgan fingerprint density at radius 1 is 1.38 bits per heavy atom. The van der Waals surface area contributed by atoms with Gasteiger partial charge < -0.3 is 19.8 Å². The van der Waals surface area contributed by atoms with Gasteiger partial charge in [-0.15, -0.1) is 0 Å². The van der Waals surface area contributed by atoms with Gasteiger partial charge in [0.2, 0.25) is 0 Å². The monoisotopic (exact) mass is 375 g/mol. The van der Waals surface area contributed by atoms with Gasteiger partial charge in [-0.2, -0.15) is 0 Å². The van der Waals surface area contributed by atoms with E-state index in [1.165, 1.54) is 6.07 Å². The van der Waals surface area contributed by atoms with Crippen molar-refractivity contribution in [2.45, 2.75) is 13.0 Å². The molecule has 0 saturated heterocycles. The number of H-pyrrole nitrogens is 1. The van der Waals surface area contributed by atoms with Gasteiger partial charge in [0.05, 0.1) is 11.6 Å². The Labute approximate surface area is 157 Å². The van der Waals surface area contributed by atoms with Crippen LogP contribution < -0.4 is 5.32 Å². The summed E-state index contributed by atoms with van der Waals surface area (Å²) in [4.78, 5) is 9.56. The van der Waals surface area contributed by atoms with Crippen LogP contribution in [-0.4, -0.2) is 41.1 Å². The van der Waals surface area contributed by atoms with Crippen molar-refractivity contribution >= 4 is 28.5 Å². The number of hydrogen-bond acceptors (Lipinski definition) is 1. The first-order valence-electron chi connectivity index (χ1n) is 8.46. The molecule has 0 fully saturated rings. The fourth-order valence-electron chi connectivity index (χ4n) is 3.09. The van der Waals surface area contributed by atoms with Crippen LogP contribution in [0.3, 0.4) is 0 Å². The molecule has 26 heavy (non-hydrogen) atoms. The third-order valence-corrected chi connectivity index (χ3v) is 4.66. The highest BCUT2D eigenvalue weighted by molar-refractivity contribution is 6.30. The summed E-state index contributed by atoms with van der Waals surface area (Å²) in [5.74, 6) is 0.580. The average Bonchev–Trinajstić information content (AvgIpc) is 3.14. The highest BCUT2D eigenvalue weighted by Crippen LogP contribution is 2.19. The molecule has 3 rings (SSSR count). The van der Waals surface area contributed by atoms with Crippen molar-refractivity contribution in [3.05, 3.63) is 58.8 Å². The van der Waals surface area contributed by atoms with Crippen molar-refractivity contribution < 1.29 is 4.39 Å². The zero-order valence-corrected chi connectivity index (χ0v) is 15.9. The minimum Gasteiger partial charge on any atom is -0.361 e. The number of aromatic nitrogens is 2. The number of aromatic amines is 1. The van der Waals surface area contributed by atoms with Gasteiger partial charge in [-0.05, 0) is 36.2 Å². The summed E-state index contributed by atoms with van der Waals surface area (Å²) in [5, 5.41) is 5.01. The quantitative estimate of drug-likeness (QED) is 0.529. The van der Waals surface area contributed by atoms with E-state index < -0.39 is 0 Å². The fraction of sp³-hybridized carbons (Fsp3) is 0.316. The predicted octanol–water partition coefficient (Wildman–Crippen LogP) is 3.55. The summed E-state index contributed by atoms with van der Waals surface area (Å²) in [6.07, 6.45) is 4.59. The molecule has 0 amide bonds. The molecule has 0 bridgehead atoms. The van der Waals surface area contributed by atoms with Crippen LogP contribution >= 0.6 is 11.6 Å². The summed E-state index contributed by atoms with van der Waals surface area (Å²) in [6, 6.07) is 6.75. The Bertz CT molecular complexity index is 927. The van der Waals surface area contributed by atoms with Crippen LogP contribution in [0.4, 0.5) is 4.39 Å². The summed E-state index contributed by atoms with van der Waals surface area (Å²) < 4.78 is 15.5. The van der Waals surface area contributed by atoms with Crippen molar-refractivity contribution in [2.75, 3.05) is 20.6 Å². The van der Waals surface area contributed by atoms with Gasteiger partial charge in [0.25, 0.3) is 0 Å². The summed E-state index contributed by atoms with van der Waals surface area (Å²) in [6.45, 7) is 1.40. The number of nitrogens with zero attached hydrogens (tertiary/aromatic N) is 3. The van der Waals surface area contributed by atoms with Crippen LogP contribution in [0.15, 0.2) is 41.7 Å². The SMILES string of the molecule is CN=C(NCCc1c[nH]c2ccc(F)cc12)N(C)Cc1cc(Cl)cn1C. The van der Waals surface area contributed by atoms with Crippen LogP contribution in [0.5, 0.6) is 0 Å². The predicted molar refractivity (Wildman–Crippen MR) is 105 cm³/mol. The van der Waals surface area contributed by atoms with Crippen LogP contribution in [0.25, 0.3) is 10.9 Å². The van der Waals surface area contributed by atoms with Crippen molar-refractivity contribution in [3.8, 4) is 0 Å². The first-order chi connectivity index (χ1) is 12.5. The average molecular weight is 376 g/mol. The molecule has 0 saturated carbocycles. The Balaban J connectivity index is 1.60. The molecule has 1 aromatic carbocycles. The maximum atomic E-state index is 13.5. The summed E-state index contributed by atoms with van der Waals surface area (Å²) >= 11 is 6.05. The second kappa shape index (κ2) is 7.83. The van der Waals surface area contributed by atoms with E-state index in [1.807, 2.05) is 42.0 Å². The molecule has 5 nitrogen and oxygen atoms in total. The zero-order valence-electron chi connectivity index (χ0n) is 15.2. The van der Waals surface area contributed by atoms with Gasteiger partial charge in [-0.25, -0.2) is 4.39 Å². The topological polar surface area (TPSA) is 48.4 Å². The Hall–Kier alpha value is -2.47. The number of fused-ring (bicyclic) bond motifs is 1. The number of nitrogens with one attached hydrogen (secondary N) is 2. The van der Waals surface area contributed by atoms with E-state index in [0.717, 1.165) is 39.6 Å². The van der Waals surface area contributed by atoms with Crippen molar-refractivity contribution in [2.24, 2.45) is 12.0 Å². The highest BCUT2D eigenvalue weighted by Gasteiger charge is 2.10. The third kappa shape index (κ3) is 4.02. The van der Waals surface area contributed by atoms with E-state index in [0.29, 0.717) is 13.1 Å². The van der Waals surface area contributed by atoms with Gasteiger partial charge in [0.1, 0.15) is 5.82 Å². The second-order valence-corrected chi connectivity index (χ2v) is 6.78. The standard InChI is InChI=1S/C19H23ClFN5/c1-22-19(26(3)12-16-8-14(20)11-25(16)2)23-7-6-13-10-24-18-5-4-15(21)9-17(13)18/h4-5,8-11,24H,6-7,12H2,1-3H3,(H,22,23). The largest absolute Gasteiger partial charge is 0.361 e. The lowest BCUT2D eigenvalue weighted by Gasteiger charge is -2.22. The molecule has 2 heterocycles. The van der Waals surface area contributed by atoms with E-state index in [9.17, 15) is 4.39 Å². The molecular formula is C19H23ClFN5. The van der Waals surface area contributed by atoms with E-state index in [2.05, 4.69) is 15.3 Å². The van der Waals surface area contributed by atoms with E-state index in [4.69, 9.17) is 11.6 Å². The molecule has 138 valence electrons. The normalized spacial score (nSPS) is 12.0. The Morgan fingerprint density at radius 2 is 2.19 bits per heavy atom. The van der Waals surface area contributed by atoms with E-state index in [1.54, 1.807) is 19.2 Å². The van der Waals surface area contributed by atoms with Crippen molar-refractivity contribution in [3.63, 3.8) is 0 Å². The van der Waals surface area contributed by atoms with Crippen molar-refractivity contribution in [1.29, 1.82) is 0 Å². The maximum absolute atomic E-state index is 13.5. The Kier molecular flexibility index (Phi) is 5.52. The van der Waals surface area contributed by atoms with Crippen LogP contribution in [0.1, 0.15) is 11.3 Å². The summed E-state index contributed by atoms with van der Waals surface area (Å²) in [7, 11) is 5.72. The highest BCUT2D eigenvalue weighted by atomic mass is 35.5. The third-order valence-electron chi connectivity index (χ3n) is 4.45. The molecule has 0 aliphatic rings. The maximum Gasteiger partial charge on any atom is 0.193 e. The molecule has 2 N–H and O–H groups in total. The number of rotatable bonds is 5. The number of halogens is 2. The van der Waals surface area contributed by atoms with Gasteiger partial charge in [-0.1, -0.05) is 11.6 Å². The molecule has 0 unspecified atom stereocenters. The van der Waals surface area contributed by atoms with E-state index >= 15 is 0 Å². The molecular weight excluding hydrogens is 353 g/mol. The molecule has 7 heteroatoms. The van der Waals surface area contributed by atoms with Gasteiger partial charge in [0.15, 0.2) is 5.96 Å². The van der Waals surface area contributed by atoms with Crippen LogP contribution in [-0.2, 0) is 20.0 Å². The lowest BCUT2D eigenvalue weighted by atomic mass is 10.1. The van der Waals surface area contributed by atoms with Crippen LogP contribution in [0.2, 0.25) is 5.02 Å². The second-order valence-electron chi connectivity index (χ2n) is 6.34. The lowest BCUT2D eigenvalue weighted by molar-refractivity contribution is 0.462. The first-order valence-corrected chi connectivity index (χ1v) is 8.83. The van der Waals surface area contributed by atoms with Gasteiger partial charge in [-0.3, -0.25) is 4.99 Å². The number of aliphatic imine (C=N–C) groups is 1. The smallest absolute Gasteiger partial charge is 0.193 e. The molecule has 0 atom stereocenters. The lowest BCUT2D eigenvalue weighted by Crippen LogP contribution is -2.39. The number of guanidine groups is 1.